The number of aliphatic hydroxyl groups is 1. The molecule has 0 aromatic carbocycles. The van der Waals surface area contributed by atoms with Crippen LogP contribution in [0.4, 0.5) is 4.79 Å². The van der Waals surface area contributed by atoms with Crippen molar-refractivity contribution in [2.24, 2.45) is 0 Å². The van der Waals surface area contributed by atoms with Gasteiger partial charge in [0.15, 0.2) is 0 Å². The van der Waals surface area contributed by atoms with Crippen molar-refractivity contribution in [2.45, 2.75) is 83.1 Å². The summed E-state index contributed by atoms with van der Waals surface area (Å²) >= 11 is 0. The maximum atomic E-state index is 12.3. The largest absolute Gasteiger partial charge is 0.444 e. The molecule has 0 unspecified atom stereocenters. The van der Waals surface area contributed by atoms with Crippen LogP contribution in [0, 0.1) is 0 Å². The van der Waals surface area contributed by atoms with Crippen LogP contribution in [0.1, 0.15) is 59.3 Å². The molecule has 0 bridgehead atoms. The molecule has 0 saturated heterocycles. The van der Waals surface area contributed by atoms with Gasteiger partial charge in [0.05, 0.1) is 12.1 Å². The van der Waals surface area contributed by atoms with Gasteiger partial charge in [0.1, 0.15) is 5.60 Å². The predicted octanol–water partition coefficient (Wildman–Crippen LogP) is 2.69. The van der Waals surface area contributed by atoms with E-state index in [0.29, 0.717) is 0 Å². The van der Waals surface area contributed by atoms with E-state index in [-0.39, 0.29) is 24.3 Å². The second-order valence-corrected chi connectivity index (χ2v) is 6.54. The highest BCUT2D eigenvalue weighted by molar-refractivity contribution is 5.69. The zero-order chi connectivity index (χ0) is 13.3. The highest BCUT2D eigenvalue weighted by atomic mass is 16.6. The van der Waals surface area contributed by atoms with Crippen LogP contribution in [0.5, 0.6) is 0 Å². The zero-order valence-electron chi connectivity index (χ0n) is 11.7. The number of rotatable bonds is 2. The number of hydrogen-bond donors (Lipinski definition) is 1. The number of aliphatic hydroxyl groups excluding tert-OH is 1. The van der Waals surface area contributed by atoms with E-state index in [9.17, 15) is 9.90 Å². The zero-order valence-corrected chi connectivity index (χ0v) is 11.7. The molecular formula is C14H25NO3. The van der Waals surface area contributed by atoms with Crippen molar-refractivity contribution in [1.82, 2.24) is 4.90 Å². The summed E-state index contributed by atoms with van der Waals surface area (Å²) in [5, 5.41) is 10.1. The summed E-state index contributed by atoms with van der Waals surface area (Å²) in [6, 6.07) is 0.249. The van der Waals surface area contributed by atoms with Crippen molar-refractivity contribution >= 4 is 6.09 Å². The Labute approximate surface area is 109 Å². The molecule has 0 radical (unpaired) electrons. The van der Waals surface area contributed by atoms with Crippen molar-refractivity contribution in [1.29, 1.82) is 0 Å². The molecule has 4 nitrogen and oxygen atoms in total. The molecule has 18 heavy (non-hydrogen) atoms. The Balaban J connectivity index is 2.05. The fraction of sp³-hybridized carbons (Fsp3) is 0.929. The minimum atomic E-state index is -0.468. The van der Waals surface area contributed by atoms with Crippen molar-refractivity contribution in [3.8, 4) is 0 Å². The molecule has 2 aliphatic carbocycles. The molecule has 2 aliphatic rings. The quantitative estimate of drug-likeness (QED) is 0.825. The number of hydrogen-bond acceptors (Lipinski definition) is 3. The van der Waals surface area contributed by atoms with Gasteiger partial charge in [0.2, 0.25) is 0 Å². The first kappa shape index (κ1) is 13.7. The topological polar surface area (TPSA) is 49.8 Å². The van der Waals surface area contributed by atoms with Crippen LogP contribution >= 0.6 is 0 Å². The molecule has 0 spiro atoms. The summed E-state index contributed by atoms with van der Waals surface area (Å²) in [6.07, 6.45) is 5.30. The van der Waals surface area contributed by atoms with Crippen LogP contribution in [0.2, 0.25) is 0 Å². The van der Waals surface area contributed by atoms with Crippen molar-refractivity contribution in [3.05, 3.63) is 0 Å². The number of ether oxygens (including phenoxy) is 1. The lowest BCUT2D eigenvalue weighted by atomic mass is 9.91. The molecule has 0 aromatic heterocycles. The van der Waals surface area contributed by atoms with Gasteiger partial charge < -0.3 is 9.84 Å². The SMILES string of the molecule is CC(C)(C)OC(=O)N(C1CC1)[C@@H]1CCCC[C@H]1O. The lowest BCUT2D eigenvalue weighted by Gasteiger charge is -2.38. The predicted molar refractivity (Wildman–Crippen MR) is 69.4 cm³/mol. The van der Waals surface area contributed by atoms with Gasteiger partial charge in [-0.25, -0.2) is 4.79 Å². The van der Waals surface area contributed by atoms with Crippen molar-refractivity contribution < 1.29 is 14.6 Å². The van der Waals surface area contributed by atoms with Gasteiger partial charge in [-0.2, -0.15) is 0 Å². The van der Waals surface area contributed by atoms with E-state index in [4.69, 9.17) is 4.74 Å². The molecule has 104 valence electrons. The first-order valence-corrected chi connectivity index (χ1v) is 7.08. The Kier molecular flexibility index (Phi) is 3.85. The van der Waals surface area contributed by atoms with Crippen LogP contribution in [-0.4, -0.2) is 39.9 Å². The highest BCUT2D eigenvalue weighted by Gasteiger charge is 2.42. The molecule has 2 fully saturated rings. The number of amides is 1. The van der Waals surface area contributed by atoms with E-state index >= 15 is 0 Å². The second-order valence-electron chi connectivity index (χ2n) is 6.54. The van der Waals surface area contributed by atoms with E-state index in [0.717, 1.165) is 38.5 Å². The Morgan fingerprint density at radius 3 is 2.28 bits per heavy atom. The Hall–Kier alpha value is -0.770. The third-order valence-electron chi connectivity index (χ3n) is 3.60. The minimum Gasteiger partial charge on any atom is -0.444 e. The van der Waals surface area contributed by atoms with Gasteiger partial charge in [-0.15, -0.1) is 0 Å². The third-order valence-corrected chi connectivity index (χ3v) is 3.60. The smallest absolute Gasteiger partial charge is 0.410 e. The van der Waals surface area contributed by atoms with E-state index in [1.54, 1.807) is 0 Å². The lowest BCUT2D eigenvalue weighted by molar-refractivity contribution is -0.0197. The van der Waals surface area contributed by atoms with Gasteiger partial charge in [-0.1, -0.05) is 12.8 Å². The van der Waals surface area contributed by atoms with Gasteiger partial charge in [0.25, 0.3) is 0 Å². The summed E-state index contributed by atoms with van der Waals surface area (Å²) in [5.41, 5.74) is -0.468. The van der Waals surface area contributed by atoms with Gasteiger partial charge in [0, 0.05) is 6.04 Å². The normalized spacial score (nSPS) is 28.9. The van der Waals surface area contributed by atoms with Crippen LogP contribution in [0.15, 0.2) is 0 Å². The molecular weight excluding hydrogens is 230 g/mol. The first-order valence-electron chi connectivity index (χ1n) is 7.08. The Morgan fingerprint density at radius 1 is 1.17 bits per heavy atom. The van der Waals surface area contributed by atoms with Crippen LogP contribution < -0.4 is 0 Å². The summed E-state index contributed by atoms with van der Waals surface area (Å²) in [7, 11) is 0. The fourth-order valence-electron chi connectivity index (χ4n) is 2.64. The van der Waals surface area contributed by atoms with Gasteiger partial charge in [-0.3, -0.25) is 4.90 Å². The van der Waals surface area contributed by atoms with Crippen molar-refractivity contribution in [2.75, 3.05) is 0 Å². The van der Waals surface area contributed by atoms with E-state index in [1.165, 1.54) is 0 Å². The summed E-state index contributed by atoms with van der Waals surface area (Å²) < 4.78 is 5.48. The maximum absolute atomic E-state index is 12.3. The van der Waals surface area contributed by atoms with E-state index < -0.39 is 5.60 Å². The van der Waals surface area contributed by atoms with Crippen LogP contribution in [0.25, 0.3) is 0 Å². The number of carbonyl (C=O) groups is 1. The fourth-order valence-corrected chi connectivity index (χ4v) is 2.64. The number of carbonyl (C=O) groups excluding carboxylic acids is 1. The van der Waals surface area contributed by atoms with E-state index in [2.05, 4.69) is 0 Å². The summed E-state index contributed by atoms with van der Waals surface area (Å²) in [4.78, 5) is 14.1. The summed E-state index contributed by atoms with van der Waals surface area (Å²) in [6.45, 7) is 5.65. The maximum Gasteiger partial charge on any atom is 0.410 e. The first-order chi connectivity index (χ1) is 8.38. The number of nitrogens with zero attached hydrogens (tertiary/aromatic N) is 1. The molecule has 2 rings (SSSR count). The molecule has 2 saturated carbocycles. The molecule has 0 heterocycles. The van der Waals surface area contributed by atoms with Crippen LogP contribution in [-0.2, 0) is 4.74 Å². The van der Waals surface area contributed by atoms with Gasteiger partial charge in [-0.05, 0) is 46.5 Å². The molecule has 0 aromatic rings. The summed E-state index contributed by atoms with van der Waals surface area (Å²) in [5.74, 6) is 0. The standard InChI is InChI=1S/C14H25NO3/c1-14(2,3)18-13(17)15(10-8-9-10)11-6-4-5-7-12(11)16/h10-12,16H,4-9H2,1-3H3/t11-,12-/m1/s1. The Bertz CT molecular complexity index is 307. The van der Waals surface area contributed by atoms with E-state index in [1.807, 2.05) is 25.7 Å². The Morgan fingerprint density at radius 2 is 1.78 bits per heavy atom. The minimum absolute atomic E-state index is 0.0406. The van der Waals surface area contributed by atoms with Crippen LogP contribution in [0.3, 0.4) is 0 Å². The molecule has 1 N–H and O–H groups in total. The van der Waals surface area contributed by atoms with Crippen molar-refractivity contribution in [3.63, 3.8) is 0 Å². The molecule has 1 amide bonds. The third kappa shape index (κ3) is 3.37. The monoisotopic (exact) mass is 255 g/mol. The average molecular weight is 255 g/mol. The van der Waals surface area contributed by atoms with Gasteiger partial charge >= 0.3 is 6.09 Å². The highest BCUT2D eigenvalue weighted by Crippen LogP contribution is 2.35. The molecule has 2 atom stereocenters. The lowest BCUT2D eigenvalue weighted by Crippen LogP contribution is -2.51. The molecule has 0 aliphatic heterocycles. The second kappa shape index (κ2) is 5.08. The molecule has 4 heteroatoms. The average Bonchev–Trinajstić information content (AvgIpc) is 3.03.